The molecule has 1 aliphatic heterocycles. The van der Waals surface area contributed by atoms with E-state index in [2.05, 4.69) is 0 Å². The van der Waals surface area contributed by atoms with E-state index in [1.54, 1.807) is 23.1 Å². The molecule has 0 amide bonds. The minimum Gasteiger partial charge on any atom is -0.367 e. The SMILES string of the molecule is O=C1c2ccccc2-c2c(F)c(N3CCCCC3)c(F)c(F)c21. The van der Waals surface area contributed by atoms with Gasteiger partial charge < -0.3 is 4.90 Å². The number of nitrogens with zero attached hydrogens (tertiary/aromatic N) is 1. The molecule has 1 saturated heterocycles. The van der Waals surface area contributed by atoms with Crippen LogP contribution in [0.4, 0.5) is 18.9 Å². The molecule has 4 rings (SSSR count). The number of benzene rings is 2. The Bertz CT molecular complexity index is 826. The second kappa shape index (κ2) is 5.11. The van der Waals surface area contributed by atoms with Crippen LogP contribution in [0.15, 0.2) is 24.3 Å². The molecule has 2 aromatic carbocycles. The molecule has 2 aromatic rings. The third-order valence-electron chi connectivity index (χ3n) is 4.64. The van der Waals surface area contributed by atoms with Crippen LogP contribution >= 0.6 is 0 Å². The Balaban J connectivity index is 2.00. The summed E-state index contributed by atoms with van der Waals surface area (Å²) in [6.45, 7) is 0.976. The van der Waals surface area contributed by atoms with Crippen molar-refractivity contribution < 1.29 is 18.0 Å². The molecule has 5 heteroatoms. The first-order valence-corrected chi connectivity index (χ1v) is 7.70. The van der Waals surface area contributed by atoms with Crippen molar-refractivity contribution in [1.82, 2.24) is 0 Å². The normalized spacial score (nSPS) is 16.5. The summed E-state index contributed by atoms with van der Waals surface area (Å²) in [6, 6.07) is 6.36. The molecule has 0 N–H and O–H groups in total. The first-order chi connectivity index (χ1) is 11.1. The van der Waals surface area contributed by atoms with Crippen molar-refractivity contribution in [3.05, 3.63) is 52.8 Å². The highest BCUT2D eigenvalue weighted by atomic mass is 19.2. The molecule has 2 nitrogen and oxygen atoms in total. The van der Waals surface area contributed by atoms with Crippen LogP contribution in [-0.4, -0.2) is 18.9 Å². The van der Waals surface area contributed by atoms with Crippen molar-refractivity contribution in [3.8, 4) is 11.1 Å². The van der Waals surface area contributed by atoms with E-state index in [9.17, 15) is 13.6 Å². The largest absolute Gasteiger partial charge is 0.367 e. The molecule has 0 radical (unpaired) electrons. The molecule has 1 heterocycles. The van der Waals surface area contributed by atoms with Gasteiger partial charge in [-0.05, 0) is 24.8 Å². The lowest BCUT2D eigenvalue weighted by Crippen LogP contribution is -2.31. The second-order valence-electron chi connectivity index (χ2n) is 5.96. The highest BCUT2D eigenvalue weighted by molar-refractivity contribution is 6.22. The van der Waals surface area contributed by atoms with Crippen molar-refractivity contribution >= 4 is 11.5 Å². The van der Waals surface area contributed by atoms with Gasteiger partial charge in [0.1, 0.15) is 5.69 Å². The first-order valence-electron chi connectivity index (χ1n) is 7.70. The molecule has 0 unspecified atom stereocenters. The van der Waals surface area contributed by atoms with Crippen LogP contribution in [0.25, 0.3) is 11.1 Å². The fourth-order valence-electron chi connectivity index (χ4n) is 3.54. The summed E-state index contributed by atoms with van der Waals surface area (Å²) in [7, 11) is 0. The van der Waals surface area contributed by atoms with Crippen LogP contribution in [-0.2, 0) is 0 Å². The van der Waals surface area contributed by atoms with Gasteiger partial charge in [0.05, 0.1) is 5.56 Å². The smallest absolute Gasteiger partial charge is 0.197 e. The van der Waals surface area contributed by atoms with Gasteiger partial charge in [-0.15, -0.1) is 0 Å². The average Bonchev–Trinajstić information content (AvgIpc) is 2.88. The fraction of sp³-hybridized carbons (Fsp3) is 0.278. The van der Waals surface area contributed by atoms with E-state index < -0.39 is 28.8 Å². The molecular weight excluding hydrogens is 303 g/mol. The summed E-state index contributed by atoms with van der Waals surface area (Å²) in [5, 5.41) is 0. The standard InChI is InChI=1S/C18H14F3NO/c19-14-13-12(10-6-2-3-7-11(10)18(13)23)15(20)17(16(14)21)22-8-4-1-5-9-22/h2-3,6-7H,1,4-5,8-9H2. The Kier molecular flexibility index (Phi) is 3.18. The maximum Gasteiger partial charge on any atom is 0.197 e. The molecule has 0 spiro atoms. The maximum atomic E-state index is 15.1. The van der Waals surface area contributed by atoms with Crippen LogP contribution in [0, 0.1) is 17.5 Å². The van der Waals surface area contributed by atoms with Crippen LogP contribution in [0.2, 0.25) is 0 Å². The third kappa shape index (κ3) is 1.92. The molecule has 23 heavy (non-hydrogen) atoms. The molecule has 0 bridgehead atoms. The zero-order chi connectivity index (χ0) is 16.1. The van der Waals surface area contributed by atoms with Crippen LogP contribution < -0.4 is 4.90 Å². The molecule has 0 saturated carbocycles. The number of anilines is 1. The number of ketones is 1. The Morgan fingerprint density at radius 1 is 0.783 bits per heavy atom. The Labute approximate surface area is 131 Å². The molecule has 1 aliphatic carbocycles. The number of halogens is 3. The lowest BCUT2D eigenvalue weighted by atomic mass is 10.0. The topological polar surface area (TPSA) is 20.3 Å². The van der Waals surface area contributed by atoms with Gasteiger partial charge >= 0.3 is 0 Å². The summed E-state index contributed by atoms with van der Waals surface area (Å²) >= 11 is 0. The zero-order valence-electron chi connectivity index (χ0n) is 12.3. The first kappa shape index (κ1) is 14.3. The lowest BCUT2D eigenvalue weighted by molar-refractivity contribution is 0.103. The number of hydrogen-bond donors (Lipinski definition) is 0. The number of carbonyl (C=O) groups excluding carboxylic acids is 1. The van der Waals surface area contributed by atoms with Crippen LogP contribution in [0.5, 0.6) is 0 Å². The fourth-order valence-corrected chi connectivity index (χ4v) is 3.54. The van der Waals surface area contributed by atoms with Gasteiger partial charge in [-0.3, -0.25) is 4.79 Å². The number of hydrogen-bond acceptors (Lipinski definition) is 2. The summed E-state index contributed by atoms with van der Waals surface area (Å²) < 4.78 is 44.1. The molecule has 1 fully saturated rings. The van der Waals surface area contributed by atoms with Gasteiger partial charge in [-0.2, -0.15) is 0 Å². The third-order valence-corrected chi connectivity index (χ3v) is 4.64. The number of fused-ring (bicyclic) bond motifs is 3. The van der Waals surface area contributed by atoms with E-state index in [1.807, 2.05) is 0 Å². The van der Waals surface area contributed by atoms with Crippen LogP contribution in [0.3, 0.4) is 0 Å². The monoisotopic (exact) mass is 317 g/mol. The number of carbonyl (C=O) groups is 1. The van der Waals surface area contributed by atoms with Crippen molar-refractivity contribution in [2.45, 2.75) is 19.3 Å². The van der Waals surface area contributed by atoms with Gasteiger partial charge in [-0.25, -0.2) is 13.2 Å². The van der Waals surface area contributed by atoms with Crippen molar-refractivity contribution in [2.75, 3.05) is 18.0 Å². The maximum absolute atomic E-state index is 15.1. The molecule has 118 valence electrons. The summed E-state index contributed by atoms with van der Waals surface area (Å²) in [4.78, 5) is 13.9. The average molecular weight is 317 g/mol. The van der Waals surface area contributed by atoms with E-state index in [-0.39, 0.29) is 16.8 Å². The predicted octanol–water partition coefficient (Wildman–Crippen LogP) is 4.31. The summed E-state index contributed by atoms with van der Waals surface area (Å²) in [6.07, 6.45) is 2.62. The van der Waals surface area contributed by atoms with Gasteiger partial charge in [0.25, 0.3) is 0 Å². The second-order valence-corrected chi connectivity index (χ2v) is 5.96. The van der Waals surface area contributed by atoms with E-state index >= 15 is 4.39 Å². The minimum atomic E-state index is -1.26. The van der Waals surface area contributed by atoms with Crippen molar-refractivity contribution in [2.24, 2.45) is 0 Å². The van der Waals surface area contributed by atoms with E-state index in [4.69, 9.17) is 0 Å². The quantitative estimate of drug-likeness (QED) is 0.624. The Morgan fingerprint density at radius 2 is 1.43 bits per heavy atom. The molecular formula is C18H14F3NO. The lowest BCUT2D eigenvalue weighted by Gasteiger charge is -2.30. The van der Waals surface area contributed by atoms with Crippen LogP contribution in [0.1, 0.15) is 35.2 Å². The molecule has 2 aliphatic rings. The Morgan fingerprint density at radius 3 is 2.13 bits per heavy atom. The van der Waals surface area contributed by atoms with Crippen molar-refractivity contribution in [1.29, 1.82) is 0 Å². The van der Waals surface area contributed by atoms with E-state index in [1.165, 1.54) is 6.07 Å². The number of rotatable bonds is 1. The highest BCUT2D eigenvalue weighted by Gasteiger charge is 2.38. The highest BCUT2D eigenvalue weighted by Crippen LogP contribution is 2.44. The summed E-state index contributed by atoms with van der Waals surface area (Å²) in [5.74, 6) is -4.00. The zero-order valence-corrected chi connectivity index (χ0v) is 12.3. The Hall–Kier alpha value is -2.30. The predicted molar refractivity (Wildman–Crippen MR) is 81.2 cm³/mol. The molecule has 0 atom stereocenters. The minimum absolute atomic E-state index is 0.106. The van der Waals surface area contributed by atoms with Crippen molar-refractivity contribution in [3.63, 3.8) is 0 Å². The number of piperidine rings is 1. The molecule has 0 aromatic heterocycles. The van der Waals surface area contributed by atoms with E-state index in [0.29, 0.717) is 18.7 Å². The van der Waals surface area contributed by atoms with Gasteiger partial charge in [0.15, 0.2) is 23.2 Å². The van der Waals surface area contributed by atoms with Gasteiger partial charge in [0.2, 0.25) is 0 Å². The van der Waals surface area contributed by atoms with E-state index in [0.717, 1.165) is 19.3 Å². The summed E-state index contributed by atoms with van der Waals surface area (Å²) in [5.41, 5.74) is -0.380. The van der Waals surface area contributed by atoms with Gasteiger partial charge in [0, 0.05) is 24.2 Å². The van der Waals surface area contributed by atoms with Gasteiger partial charge in [-0.1, -0.05) is 24.3 Å².